The van der Waals surface area contributed by atoms with E-state index in [9.17, 15) is 4.79 Å². The van der Waals surface area contributed by atoms with E-state index in [2.05, 4.69) is 38.3 Å². The zero-order chi connectivity index (χ0) is 13.1. The lowest BCUT2D eigenvalue weighted by Crippen LogP contribution is -2.56. The second kappa shape index (κ2) is 5.71. The van der Waals surface area contributed by atoms with E-state index < -0.39 is 6.09 Å². The molecule has 0 aromatic rings. The van der Waals surface area contributed by atoms with Crippen molar-refractivity contribution in [3.05, 3.63) is 0 Å². The second-order valence-corrected chi connectivity index (χ2v) is 6.23. The van der Waals surface area contributed by atoms with Gasteiger partial charge in [-0.25, -0.2) is 4.79 Å². The zero-order valence-corrected chi connectivity index (χ0v) is 11.4. The van der Waals surface area contributed by atoms with Crippen LogP contribution in [-0.2, 0) is 0 Å². The van der Waals surface area contributed by atoms with Crippen LogP contribution in [0, 0.1) is 5.41 Å². The van der Waals surface area contributed by atoms with Crippen molar-refractivity contribution in [2.24, 2.45) is 5.41 Å². The smallest absolute Gasteiger partial charge is 0.404 e. The lowest BCUT2D eigenvalue weighted by atomic mass is 9.82. The highest BCUT2D eigenvalue weighted by Gasteiger charge is 2.32. The highest BCUT2D eigenvalue weighted by Crippen LogP contribution is 2.24. The molecule has 2 unspecified atom stereocenters. The summed E-state index contributed by atoms with van der Waals surface area (Å²) in [6, 6.07) is 0.653. The maximum absolute atomic E-state index is 10.9. The first-order valence-electron chi connectivity index (χ1n) is 6.56. The van der Waals surface area contributed by atoms with E-state index in [1.165, 1.54) is 25.7 Å². The van der Waals surface area contributed by atoms with Crippen molar-refractivity contribution in [2.45, 2.75) is 71.5 Å². The molecule has 2 atom stereocenters. The van der Waals surface area contributed by atoms with Crippen LogP contribution in [0.2, 0.25) is 0 Å². The third kappa shape index (κ3) is 4.54. The van der Waals surface area contributed by atoms with Crippen LogP contribution < -0.4 is 10.6 Å². The molecule has 4 nitrogen and oxygen atoms in total. The monoisotopic (exact) mass is 242 g/mol. The number of carbonyl (C=O) groups is 1. The first kappa shape index (κ1) is 14.3. The minimum Gasteiger partial charge on any atom is -0.465 e. The molecule has 1 saturated carbocycles. The average molecular weight is 242 g/mol. The highest BCUT2D eigenvalue weighted by molar-refractivity contribution is 5.65. The molecule has 0 radical (unpaired) electrons. The molecule has 1 amide bonds. The fourth-order valence-electron chi connectivity index (χ4n) is 2.79. The fraction of sp³-hybridized carbons (Fsp3) is 0.923. The summed E-state index contributed by atoms with van der Waals surface area (Å²) in [6.45, 7) is 8.28. The average Bonchev–Trinajstić information content (AvgIpc) is 2.64. The van der Waals surface area contributed by atoms with Crippen LogP contribution in [-0.4, -0.2) is 29.3 Å². The predicted octanol–water partition coefficient (Wildman–Crippen LogP) is 2.59. The fourth-order valence-corrected chi connectivity index (χ4v) is 2.79. The molecule has 0 saturated heterocycles. The maximum Gasteiger partial charge on any atom is 0.404 e. The molecule has 0 aliphatic heterocycles. The molecule has 0 bridgehead atoms. The van der Waals surface area contributed by atoms with Crippen LogP contribution in [0.1, 0.15) is 53.4 Å². The standard InChI is InChI=1S/C13H26N2O2/c1-9(14-10-7-5-6-8-10)11(13(2,3)4)15-12(16)17/h9-11,14-15H,5-8H2,1-4H3,(H,16,17). The summed E-state index contributed by atoms with van der Waals surface area (Å²) in [4.78, 5) is 10.9. The second-order valence-electron chi connectivity index (χ2n) is 6.23. The van der Waals surface area contributed by atoms with Gasteiger partial charge in [-0.05, 0) is 25.2 Å². The number of rotatable bonds is 4. The Hall–Kier alpha value is -0.770. The molecule has 0 spiro atoms. The van der Waals surface area contributed by atoms with Crippen LogP contribution in [0.5, 0.6) is 0 Å². The zero-order valence-electron chi connectivity index (χ0n) is 11.4. The molecule has 0 aromatic carbocycles. The Morgan fingerprint density at radius 3 is 2.24 bits per heavy atom. The summed E-state index contributed by atoms with van der Waals surface area (Å²) >= 11 is 0. The lowest BCUT2D eigenvalue weighted by molar-refractivity contribution is 0.160. The minimum absolute atomic E-state index is 0.0689. The van der Waals surface area contributed by atoms with Crippen molar-refractivity contribution in [3.8, 4) is 0 Å². The van der Waals surface area contributed by atoms with E-state index in [1.807, 2.05) is 0 Å². The van der Waals surface area contributed by atoms with Gasteiger partial charge in [-0.3, -0.25) is 0 Å². The van der Waals surface area contributed by atoms with Crippen LogP contribution in [0.4, 0.5) is 4.79 Å². The van der Waals surface area contributed by atoms with Gasteiger partial charge in [-0.15, -0.1) is 0 Å². The Morgan fingerprint density at radius 2 is 1.82 bits per heavy atom. The molecular formula is C13H26N2O2. The van der Waals surface area contributed by atoms with E-state index in [1.54, 1.807) is 0 Å². The summed E-state index contributed by atoms with van der Waals surface area (Å²) in [7, 11) is 0. The van der Waals surface area contributed by atoms with Crippen LogP contribution in [0.3, 0.4) is 0 Å². The summed E-state index contributed by atoms with van der Waals surface area (Å²) in [5.41, 5.74) is -0.0799. The van der Waals surface area contributed by atoms with E-state index in [0.29, 0.717) is 6.04 Å². The summed E-state index contributed by atoms with van der Waals surface area (Å²) in [5.74, 6) is 0. The van der Waals surface area contributed by atoms with Gasteiger partial charge >= 0.3 is 6.09 Å². The Kier molecular flexibility index (Phi) is 4.80. The van der Waals surface area contributed by atoms with Gasteiger partial charge in [0.05, 0.1) is 6.04 Å². The predicted molar refractivity (Wildman–Crippen MR) is 69.3 cm³/mol. The molecule has 3 N–H and O–H groups in total. The number of nitrogens with one attached hydrogen (secondary N) is 2. The first-order valence-corrected chi connectivity index (χ1v) is 6.56. The van der Waals surface area contributed by atoms with Crippen molar-refractivity contribution in [1.82, 2.24) is 10.6 Å². The SMILES string of the molecule is CC(NC1CCCC1)C(NC(=O)O)C(C)(C)C. The van der Waals surface area contributed by atoms with E-state index in [0.717, 1.165) is 0 Å². The summed E-state index contributed by atoms with van der Waals surface area (Å²) in [6.07, 6.45) is 4.07. The molecule has 0 aromatic heterocycles. The van der Waals surface area contributed by atoms with Gasteiger partial charge in [-0.2, -0.15) is 0 Å². The van der Waals surface area contributed by atoms with E-state index >= 15 is 0 Å². The van der Waals surface area contributed by atoms with Gasteiger partial charge in [0, 0.05) is 12.1 Å². The summed E-state index contributed by atoms with van der Waals surface area (Å²) in [5, 5.41) is 15.1. The molecule has 100 valence electrons. The summed E-state index contributed by atoms with van der Waals surface area (Å²) < 4.78 is 0. The number of hydrogen-bond donors (Lipinski definition) is 3. The Bertz CT molecular complexity index is 255. The van der Waals surface area contributed by atoms with Crippen molar-refractivity contribution in [1.29, 1.82) is 0 Å². The number of amides is 1. The number of hydrogen-bond acceptors (Lipinski definition) is 2. The van der Waals surface area contributed by atoms with Crippen molar-refractivity contribution >= 4 is 6.09 Å². The third-order valence-corrected chi connectivity index (χ3v) is 3.57. The van der Waals surface area contributed by atoms with Crippen LogP contribution >= 0.6 is 0 Å². The number of carboxylic acid groups (broad SMARTS) is 1. The van der Waals surface area contributed by atoms with Crippen molar-refractivity contribution in [2.75, 3.05) is 0 Å². The Labute approximate surface area is 104 Å². The highest BCUT2D eigenvalue weighted by atomic mass is 16.4. The molecule has 17 heavy (non-hydrogen) atoms. The van der Waals surface area contributed by atoms with Gasteiger partial charge in [0.1, 0.15) is 0 Å². The van der Waals surface area contributed by atoms with Gasteiger partial charge in [0.2, 0.25) is 0 Å². The van der Waals surface area contributed by atoms with Gasteiger partial charge in [-0.1, -0.05) is 33.6 Å². The molecule has 1 aliphatic rings. The van der Waals surface area contributed by atoms with Gasteiger partial charge < -0.3 is 15.7 Å². The third-order valence-electron chi connectivity index (χ3n) is 3.57. The molecule has 0 heterocycles. The van der Waals surface area contributed by atoms with Crippen LogP contribution in [0.25, 0.3) is 0 Å². The lowest BCUT2D eigenvalue weighted by Gasteiger charge is -2.37. The molecule has 1 fully saturated rings. The Morgan fingerprint density at radius 1 is 1.29 bits per heavy atom. The van der Waals surface area contributed by atoms with Gasteiger partial charge in [0.15, 0.2) is 0 Å². The van der Waals surface area contributed by atoms with E-state index in [4.69, 9.17) is 5.11 Å². The van der Waals surface area contributed by atoms with Crippen molar-refractivity contribution < 1.29 is 9.90 Å². The minimum atomic E-state index is -0.940. The molecule has 1 rings (SSSR count). The Balaban J connectivity index is 2.58. The molecule has 1 aliphatic carbocycles. The first-order chi connectivity index (χ1) is 7.80. The quantitative estimate of drug-likeness (QED) is 0.710. The molecular weight excluding hydrogens is 216 g/mol. The van der Waals surface area contributed by atoms with Crippen LogP contribution in [0.15, 0.2) is 0 Å². The largest absolute Gasteiger partial charge is 0.465 e. The molecule has 4 heteroatoms. The van der Waals surface area contributed by atoms with Crippen molar-refractivity contribution in [3.63, 3.8) is 0 Å². The van der Waals surface area contributed by atoms with E-state index in [-0.39, 0.29) is 17.5 Å². The topological polar surface area (TPSA) is 61.4 Å². The van der Waals surface area contributed by atoms with Gasteiger partial charge in [0.25, 0.3) is 0 Å². The maximum atomic E-state index is 10.9. The normalized spacial score (nSPS) is 21.2.